The molecule has 4 aromatic rings. The van der Waals surface area contributed by atoms with E-state index < -0.39 is 7.05 Å². The number of ether oxygens (including phenoxy) is 3. The molecule has 0 aliphatic heterocycles. The number of hydrogen-bond acceptors (Lipinski definition) is 4. The Morgan fingerprint density at radius 2 is 0.812 bits per heavy atom. The van der Waals surface area contributed by atoms with Crippen molar-refractivity contribution in [3.05, 3.63) is 103 Å². The van der Waals surface area contributed by atoms with E-state index in [-0.39, 0.29) is 0 Å². The molecule has 0 saturated heterocycles. The number of benzene rings is 4. The second-order valence-electron chi connectivity index (χ2n) is 7.17. The van der Waals surface area contributed by atoms with Crippen LogP contribution in [0, 0.1) is 0 Å². The zero-order valence-corrected chi connectivity index (χ0v) is 19.3. The molecule has 0 bridgehead atoms. The molecule has 0 aromatic heterocycles. The van der Waals surface area contributed by atoms with Gasteiger partial charge in [0.15, 0.2) is 0 Å². The zero-order chi connectivity index (χ0) is 22.4. The first kappa shape index (κ1) is 21.7. The second kappa shape index (κ2) is 9.76. The normalized spacial score (nSPS) is 11.0. The van der Waals surface area contributed by atoms with Gasteiger partial charge in [0.05, 0.1) is 34.1 Å². The summed E-state index contributed by atoms with van der Waals surface area (Å²) >= 11 is 0. The van der Waals surface area contributed by atoms with Crippen molar-refractivity contribution in [2.24, 2.45) is 4.74 Å². The van der Waals surface area contributed by atoms with Gasteiger partial charge in [0, 0.05) is 15.9 Å². The highest BCUT2D eigenvalue weighted by atomic mass is 31.2. The minimum atomic E-state index is -2.41. The van der Waals surface area contributed by atoms with Gasteiger partial charge in [-0.2, -0.15) is 0 Å². The van der Waals surface area contributed by atoms with Gasteiger partial charge in [0.2, 0.25) is 0 Å². The van der Waals surface area contributed by atoms with Crippen molar-refractivity contribution in [3.8, 4) is 17.2 Å². The van der Waals surface area contributed by atoms with E-state index in [0.29, 0.717) is 0 Å². The highest BCUT2D eigenvalue weighted by Crippen LogP contribution is 2.49. The molecule has 0 atom stereocenters. The smallest absolute Gasteiger partial charge is 0.118 e. The first-order chi connectivity index (χ1) is 15.7. The number of nitrogens with zero attached hydrogens (tertiary/aromatic N) is 1. The van der Waals surface area contributed by atoms with Crippen LogP contribution in [0.1, 0.15) is 0 Å². The molecule has 32 heavy (non-hydrogen) atoms. The maximum Gasteiger partial charge on any atom is 0.118 e. The van der Waals surface area contributed by atoms with Crippen LogP contribution in [-0.4, -0.2) is 21.3 Å². The van der Waals surface area contributed by atoms with Gasteiger partial charge in [0.25, 0.3) is 0 Å². The van der Waals surface area contributed by atoms with Crippen molar-refractivity contribution in [2.75, 3.05) is 21.3 Å². The molecular formula is C27H26NO3P. The molecular weight excluding hydrogens is 417 g/mol. The molecule has 0 heterocycles. The molecule has 4 nitrogen and oxygen atoms in total. The highest BCUT2D eigenvalue weighted by molar-refractivity contribution is 7.87. The fourth-order valence-corrected chi connectivity index (χ4v) is 7.14. The fourth-order valence-electron chi connectivity index (χ4n) is 3.68. The number of hydrogen-bond donors (Lipinski definition) is 0. The maximum absolute atomic E-state index is 5.46. The van der Waals surface area contributed by atoms with Crippen molar-refractivity contribution in [1.82, 2.24) is 0 Å². The van der Waals surface area contributed by atoms with Gasteiger partial charge in [-0.1, -0.05) is 18.2 Å². The van der Waals surface area contributed by atoms with E-state index in [4.69, 9.17) is 19.0 Å². The fraction of sp³-hybridized carbons (Fsp3) is 0.111. The third-order valence-electron chi connectivity index (χ3n) is 5.36. The van der Waals surface area contributed by atoms with Gasteiger partial charge in [-0.05, 0) is 84.9 Å². The molecule has 0 aliphatic rings. The van der Waals surface area contributed by atoms with E-state index in [1.54, 1.807) is 21.3 Å². The van der Waals surface area contributed by atoms with Gasteiger partial charge < -0.3 is 14.2 Å². The van der Waals surface area contributed by atoms with Gasteiger partial charge in [-0.25, -0.2) is 0 Å². The van der Waals surface area contributed by atoms with Gasteiger partial charge in [-0.15, -0.1) is 0 Å². The summed E-state index contributed by atoms with van der Waals surface area (Å²) in [5.41, 5.74) is 0.934. The predicted molar refractivity (Wildman–Crippen MR) is 133 cm³/mol. The summed E-state index contributed by atoms with van der Waals surface area (Å²) in [6.07, 6.45) is 0. The Labute approximate surface area is 189 Å². The van der Waals surface area contributed by atoms with Gasteiger partial charge >= 0.3 is 0 Å². The summed E-state index contributed by atoms with van der Waals surface area (Å²) in [5.74, 6) is 2.45. The summed E-state index contributed by atoms with van der Waals surface area (Å²) in [6, 6.07) is 34.8. The Morgan fingerprint density at radius 3 is 1.12 bits per heavy atom. The number of rotatable bonds is 7. The monoisotopic (exact) mass is 443 g/mol. The molecule has 0 amide bonds. The zero-order valence-electron chi connectivity index (χ0n) is 18.4. The van der Waals surface area contributed by atoms with Crippen LogP contribution in [0.25, 0.3) is 0 Å². The minimum absolute atomic E-state index is 0.816. The van der Waals surface area contributed by atoms with Crippen molar-refractivity contribution in [2.45, 2.75) is 0 Å². The van der Waals surface area contributed by atoms with E-state index in [9.17, 15) is 0 Å². The largest absolute Gasteiger partial charge is 0.497 e. The molecule has 162 valence electrons. The van der Waals surface area contributed by atoms with Crippen LogP contribution in [0.15, 0.2) is 108 Å². The van der Waals surface area contributed by atoms with Crippen molar-refractivity contribution in [3.63, 3.8) is 0 Å². The van der Waals surface area contributed by atoms with Crippen molar-refractivity contribution >= 4 is 28.7 Å². The predicted octanol–water partition coefficient (Wildman–Crippen LogP) is 5.52. The highest BCUT2D eigenvalue weighted by Gasteiger charge is 2.28. The Bertz CT molecular complexity index is 1080. The average molecular weight is 443 g/mol. The molecule has 0 radical (unpaired) electrons. The van der Waals surface area contributed by atoms with Crippen LogP contribution in [-0.2, 0) is 0 Å². The average Bonchev–Trinajstić information content (AvgIpc) is 2.88. The third kappa shape index (κ3) is 4.28. The van der Waals surface area contributed by atoms with E-state index >= 15 is 0 Å². The summed E-state index contributed by atoms with van der Waals surface area (Å²) < 4.78 is 21.7. The maximum atomic E-state index is 5.46. The lowest BCUT2D eigenvalue weighted by atomic mass is 10.3. The first-order valence-corrected chi connectivity index (χ1v) is 12.0. The van der Waals surface area contributed by atoms with Crippen molar-refractivity contribution < 1.29 is 14.2 Å². The minimum Gasteiger partial charge on any atom is -0.497 e. The molecule has 0 N–H and O–H groups in total. The van der Waals surface area contributed by atoms with E-state index in [1.807, 2.05) is 66.7 Å². The Hall–Kier alpha value is -3.49. The van der Waals surface area contributed by atoms with Gasteiger partial charge in [-0.3, -0.25) is 4.74 Å². The SMILES string of the molecule is COc1ccc(P(=Nc2ccccc2)(c2ccc(OC)cc2)c2ccc(OC)cc2)cc1. The van der Waals surface area contributed by atoms with Gasteiger partial charge in [0.1, 0.15) is 17.2 Å². The molecule has 0 saturated carbocycles. The van der Waals surface area contributed by atoms with Crippen LogP contribution >= 0.6 is 7.05 Å². The van der Waals surface area contributed by atoms with Crippen LogP contribution in [0.4, 0.5) is 5.69 Å². The summed E-state index contributed by atoms with van der Waals surface area (Å²) in [5, 5.41) is 3.41. The lowest BCUT2D eigenvalue weighted by Gasteiger charge is -2.27. The third-order valence-corrected chi connectivity index (χ3v) is 9.03. The molecule has 0 fully saturated rings. The second-order valence-corrected chi connectivity index (χ2v) is 10.2. The molecule has 0 aliphatic carbocycles. The lowest BCUT2D eigenvalue weighted by molar-refractivity contribution is 0.415. The standard InChI is InChI=1S/C27H26NO3P/c1-29-22-9-15-25(16-10-22)32(28-21-7-5-4-6-8-21,26-17-11-23(30-2)12-18-26)27-19-13-24(31-3)14-20-27/h4-20H,1-3H3. The Kier molecular flexibility index (Phi) is 6.63. The quantitative estimate of drug-likeness (QED) is 0.353. The van der Waals surface area contributed by atoms with E-state index in [1.165, 1.54) is 0 Å². The van der Waals surface area contributed by atoms with Crippen LogP contribution in [0.3, 0.4) is 0 Å². The van der Waals surface area contributed by atoms with E-state index in [0.717, 1.165) is 38.8 Å². The molecule has 0 spiro atoms. The Balaban J connectivity index is 2.07. The molecule has 4 rings (SSSR count). The molecule has 0 unspecified atom stereocenters. The van der Waals surface area contributed by atoms with Crippen LogP contribution < -0.4 is 30.1 Å². The lowest BCUT2D eigenvalue weighted by Crippen LogP contribution is -2.25. The Morgan fingerprint density at radius 1 is 0.469 bits per heavy atom. The topological polar surface area (TPSA) is 40.0 Å². The van der Waals surface area contributed by atoms with E-state index in [2.05, 4.69) is 36.4 Å². The number of methoxy groups -OCH3 is 3. The van der Waals surface area contributed by atoms with Crippen LogP contribution in [0.2, 0.25) is 0 Å². The molecule has 5 heteroatoms. The molecule has 4 aromatic carbocycles. The summed E-state index contributed by atoms with van der Waals surface area (Å²) in [4.78, 5) is 0. The summed E-state index contributed by atoms with van der Waals surface area (Å²) in [6.45, 7) is 0. The first-order valence-electron chi connectivity index (χ1n) is 10.3. The van der Waals surface area contributed by atoms with Crippen LogP contribution in [0.5, 0.6) is 17.2 Å². The summed E-state index contributed by atoms with van der Waals surface area (Å²) in [7, 11) is 2.63. The van der Waals surface area contributed by atoms with Crippen molar-refractivity contribution in [1.29, 1.82) is 0 Å².